The van der Waals surface area contributed by atoms with E-state index in [2.05, 4.69) is 43.3 Å². The number of benzene rings is 2. The van der Waals surface area contributed by atoms with E-state index >= 15 is 0 Å². The average molecular weight is 242 g/mol. The minimum atomic E-state index is 0.900. The molecule has 18 heavy (non-hydrogen) atoms. The summed E-state index contributed by atoms with van der Waals surface area (Å²) in [7, 11) is 1.69. The van der Waals surface area contributed by atoms with Gasteiger partial charge in [0.2, 0.25) is 0 Å². The van der Waals surface area contributed by atoms with Gasteiger partial charge in [-0.05, 0) is 35.2 Å². The highest BCUT2D eigenvalue weighted by atomic mass is 16.5. The molecule has 0 amide bonds. The third-order valence-electron chi connectivity index (χ3n) is 2.77. The van der Waals surface area contributed by atoms with Crippen LogP contribution in [0.3, 0.4) is 0 Å². The Bertz CT molecular complexity index is 457. The molecule has 0 unspecified atom stereocenters. The Morgan fingerprint density at radius 1 is 0.889 bits per heavy atom. The molecule has 0 bridgehead atoms. The molecule has 2 rings (SSSR count). The van der Waals surface area contributed by atoms with Gasteiger partial charge in [-0.25, -0.2) is 0 Å². The van der Waals surface area contributed by atoms with Crippen molar-refractivity contribution in [1.29, 1.82) is 0 Å². The van der Waals surface area contributed by atoms with E-state index in [0.29, 0.717) is 0 Å². The van der Waals surface area contributed by atoms with E-state index in [0.717, 1.165) is 12.2 Å². The van der Waals surface area contributed by atoms with Crippen molar-refractivity contribution < 1.29 is 4.74 Å². The summed E-state index contributed by atoms with van der Waals surface area (Å²) in [6, 6.07) is 16.8. The maximum Gasteiger partial charge on any atom is 0.119 e. The SMILES string of the molecule is CC.CCc1ccc(-c2cccc(OC)c2)cc1. The molecular weight excluding hydrogens is 220 g/mol. The summed E-state index contributed by atoms with van der Waals surface area (Å²) in [5, 5.41) is 0. The zero-order chi connectivity index (χ0) is 13.4. The Hall–Kier alpha value is -1.76. The van der Waals surface area contributed by atoms with E-state index < -0.39 is 0 Å². The van der Waals surface area contributed by atoms with Crippen molar-refractivity contribution in [3.05, 3.63) is 54.1 Å². The monoisotopic (exact) mass is 242 g/mol. The van der Waals surface area contributed by atoms with Crippen LogP contribution in [0, 0.1) is 0 Å². The van der Waals surface area contributed by atoms with Crippen molar-refractivity contribution in [2.75, 3.05) is 7.11 Å². The molecule has 0 atom stereocenters. The van der Waals surface area contributed by atoms with E-state index in [1.807, 2.05) is 26.0 Å². The quantitative estimate of drug-likeness (QED) is 0.740. The van der Waals surface area contributed by atoms with Crippen LogP contribution in [0.25, 0.3) is 11.1 Å². The van der Waals surface area contributed by atoms with Crippen LogP contribution in [0.4, 0.5) is 0 Å². The van der Waals surface area contributed by atoms with Crippen LogP contribution in [-0.2, 0) is 6.42 Å². The van der Waals surface area contributed by atoms with E-state index in [1.165, 1.54) is 16.7 Å². The smallest absolute Gasteiger partial charge is 0.119 e. The predicted molar refractivity (Wildman–Crippen MR) is 79.2 cm³/mol. The van der Waals surface area contributed by atoms with Crippen molar-refractivity contribution in [1.82, 2.24) is 0 Å². The van der Waals surface area contributed by atoms with Crippen LogP contribution in [0.2, 0.25) is 0 Å². The summed E-state index contributed by atoms with van der Waals surface area (Å²) in [4.78, 5) is 0. The molecule has 1 heteroatoms. The lowest BCUT2D eigenvalue weighted by Gasteiger charge is -2.05. The van der Waals surface area contributed by atoms with Gasteiger partial charge in [-0.2, -0.15) is 0 Å². The standard InChI is InChI=1S/C15H16O.C2H6/c1-3-12-7-9-13(10-8-12)14-5-4-6-15(11-14)16-2;1-2/h4-11H,3H2,1-2H3;1-2H3. The predicted octanol–water partition coefficient (Wildman–Crippen LogP) is 4.95. The first-order valence-corrected chi connectivity index (χ1v) is 6.57. The maximum absolute atomic E-state index is 5.22. The summed E-state index contributed by atoms with van der Waals surface area (Å²) in [5.41, 5.74) is 3.80. The minimum Gasteiger partial charge on any atom is -0.497 e. The van der Waals surface area contributed by atoms with E-state index in [1.54, 1.807) is 7.11 Å². The highest BCUT2D eigenvalue weighted by Crippen LogP contribution is 2.23. The van der Waals surface area contributed by atoms with Crippen LogP contribution in [-0.4, -0.2) is 7.11 Å². The minimum absolute atomic E-state index is 0.900. The fourth-order valence-corrected chi connectivity index (χ4v) is 1.74. The van der Waals surface area contributed by atoms with Gasteiger partial charge < -0.3 is 4.74 Å². The fourth-order valence-electron chi connectivity index (χ4n) is 1.74. The van der Waals surface area contributed by atoms with Crippen LogP contribution in [0.15, 0.2) is 48.5 Å². The first-order valence-electron chi connectivity index (χ1n) is 6.57. The molecule has 0 radical (unpaired) electrons. The second kappa shape index (κ2) is 7.54. The van der Waals surface area contributed by atoms with Crippen LogP contribution >= 0.6 is 0 Å². The third kappa shape index (κ3) is 3.63. The van der Waals surface area contributed by atoms with Crippen molar-refractivity contribution in [2.45, 2.75) is 27.2 Å². The zero-order valence-electron chi connectivity index (χ0n) is 11.7. The van der Waals surface area contributed by atoms with E-state index in [9.17, 15) is 0 Å². The van der Waals surface area contributed by atoms with Crippen LogP contribution < -0.4 is 4.74 Å². The molecule has 2 aromatic carbocycles. The second-order valence-corrected chi connectivity index (χ2v) is 3.78. The molecule has 0 aromatic heterocycles. The van der Waals surface area contributed by atoms with Gasteiger partial charge in [0.1, 0.15) is 5.75 Å². The number of hydrogen-bond donors (Lipinski definition) is 0. The molecule has 2 aromatic rings. The maximum atomic E-state index is 5.22. The van der Waals surface area contributed by atoms with Gasteiger partial charge in [-0.15, -0.1) is 0 Å². The Morgan fingerprint density at radius 2 is 1.56 bits per heavy atom. The highest BCUT2D eigenvalue weighted by molar-refractivity contribution is 5.65. The van der Waals surface area contributed by atoms with Gasteiger partial charge in [-0.3, -0.25) is 0 Å². The normalized spacial score (nSPS) is 9.33. The van der Waals surface area contributed by atoms with Crippen molar-refractivity contribution in [3.8, 4) is 16.9 Å². The largest absolute Gasteiger partial charge is 0.497 e. The lowest BCUT2D eigenvalue weighted by molar-refractivity contribution is 0.415. The molecule has 0 fully saturated rings. The summed E-state index contributed by atoms with van der Waals surface area (Å²) in [5.74, 6) is 0.900. The van der Waals surface area contributed by atoms with Gasteiger partial charge in [0.05, 0.1) is 7.11 Å². The molecular formula is C17H22O. The molecule has 0 heterocycles. The Balaban J connectivity index is 0.000000771. The summed E-state index contributed by atoms with van der Waals surface area (Å²) < 4.78 is 5.22. The summed E-state index contributed by atoms with van der Waals surface area (Å²) in [6.45, 7) is 6.17. The Kier molecular flexibility index (Phi) is 5.99. The fraction of sp³-hybridized carbons (Fsp3) is 0.294. The molecule has 0 aliphatic heterocycles. The van der Waals surface area contributed by atoms with Gasteiger partial charge >= 0.3 is 0 Å². The number of aryl methyl sites for hydroxylation is 1. The molecule has 0 aliphatic rings. The number of hydrogen-bond acceptors (Lipinski definition) is 1. The number of methoxy groups -OCH3 is 1. The third-order valence-corrected chi connectivity index (χ3v) is 2.77. The number of rotatable bonds is 3. The molecule has 0 N–H and O–H groups in total. The molecule has 96 valence electrons. The number of ether oxygens (including phenoxy) is 1. The first kappa shape index (κ1) is 14.3. The molecule has 0 spiro atoms. The summed E-state index contributed by atoms with van der Waals surface area (Å²) >= 11 is 0. The first-order chi connectivity index (χ1) is 8.83. The molecule has 0 saturated heterocycles. The van der Waals surface area contributed by atoms with E-state index in [4.69, 9.17) is 4.74 Å². The second-order valence-electron chi connectivity index (χ2n) is 3.78. The summed E-state index contributed by atoms with van der Waals surface area (Å²) in [6.07, 6.45) is 1.08. The highest BCUT2D eigenvalue weighted by Gasteiger charge is 1.99. The van der Waals surface area contributed by atoms with Crippen LogP contribution in [0.1, 0.15) is 26.3 Å². The molecule has 1 nitrogen and oxygen atoms in total. The Morgan fingerprint density at radius 3 is 2.11 bits per heavy atom. The van der Waals surface area contributed by atoms with Crippen LogP contribution in [0.5, 0.6) is 5.75 Å². The van der Waals surface area contributed by atoms with Crippen molar-refractivity contribution in [3.63, 3.8) is 0 Å². The topological polar surface area (TPSA) is 9.23 Å². The van der Waals surface area contributed by atoms with E-state index in [-0.39, 0.29) is 0 Å². The van der Waals surface area contributed by atoms with Crippen molar-refractivity contribution in [2.24, 2.45) is 0 Å². The molecule has 0 saturated carbocycles. The Labute approximate surface area is 110 Å². The zero-order valence-corrected chi connectivity index (χ0v) is 11.7. The molecule has 0 aliphatic carbocycles. The average Bonchev–Trinajstić information content (AvgIpc) is 2.49. The lowest BCUT2D eigenvalue weighted by Crippen LogP contribution is -1.84. The van der Waals surface area contributed by atoms with Gasteiger partial charge in [0.25, 0.3) is 0 Å². The van der Waals surface area contributed by atoms with Gasteiger partial charge in [0, 0.05) is 0 Å². The van der Waals surface area contributed by atoms with Crippen molar-refractivity contribution >= 4 is 0 Å². The lowest BCUT2D eigenvalue weighted by atomic mass is 10.0. The van der Waals surface area contributed by atoms with Gasteiger partial charge in [-0.1, -0.05) is 57.2 Å². The van der Waals surface area contributed by atoms with Gasteiger partial charge in [0.15, 0.2) is 0 Å².